The number of amides is 1. The Labute approximate surface area is 422 Å². The van der Waals surface area contributed by atoms with E-state index in [1.54, 1.807) is 0 Å². The van der Waals surface area contributed by atoms with E-state index in [-0.39, 0.29) is 56.4 Å². The van der Waals surface area contributed by atoms with Crippen molar-refractivity contribution in [1.29, 1.82) is 0 Å². The zero-order valence-electron chi connectivity index (χ0n) is 42.4. The molecule has 0 aromatic heterocycles. The topological polar surface area (TPSA) is 207 Å². The largest absolute Gasteiger partial charge is 0.396 e. The lowest BCUT2D eigenvalue weighted by molar-refractivity contribution is -0.168. The van der Waals surface area contributed by atoms with Gasteiger partial charge in [0, 0.05) is 43.4 Å². The van der Waals surface area contributed by atoms with Crippen molar-refractivity contribution in [3.05, 3.63) is 129 Å². The fraction of sp³-hybridized carbons (Fsp3) is 0.559. The van der Waals surface area contributed by atoms with Crippen LogP contribution in [0.2, 0.25) is 0 Å². The van der Waals surface area contributed by atoms with Crippen molar-refractivity contribution < 1.29 is 39.9 Å². The molecule has 0 saturated heterocycles. The number of carbonyl (C=O) groups excluding carboxylic acids is 2. The van der Waals surface area contributed by atoms with Gasteiger partial charge >= 0.3 is 0 Å². The van der Waals surface area contributed by atoms with Crippen molar-refractivity contribution in [3.63, 3.8) is 0 Å². The Morgan fingerprint density at radius 2 is 1.76 bits per heavy atom. The molecule has 0 radical (unpaired) electrons. The second-order valence-corrected chi connectivity index (χ2v) is 21.2. The van der Waals surface area contributed by atoms with Crippen LogP contribution in [-0.2, 0) is 33.6 Å². The molecule has 71 heavy (non-hydrogen) atoms. The summed E-state index contributed by atoms with van der Waals surface area (Å²) in [6, 6.07) is 12.8. The summed E-state index contributed by atoms with van der Waals surface area (Å²) in [5.41, 5.74) is 12.5. The van der Waals surface area contributed by atoms with E-state index in [1.807, 2.05) is 68.5 Å². The Morgan fingerprint density at radius 3 is 2.58 bits per heavy atom. The van der Waals surface area contributed by atoms with Crippen LogP contribution in [0.15, 0.2) is 101 Å². The number of Topliss-reactive ketones (excluding diaryl/α,β-unsaturated/α-hetero) is 1. The molecule has 10 N–H and O–H groups in total. The van der Waals surface area contributed by atoms with Gasteiger partial charge in [0.25, 0.3) is 0 Å². The number of hydrogen-bond acceptors (Lipinski definition) is 11. The highest BCUT2D eigenvalue weighted by molar-refractivity contribution is 5.98. The predicted octanol–water partition coefficient (Wildman–Crippen LogP) is 6.36. The van der Waals surface area contributed by atoms with E-state index in [0.717, 1.165) is 60.1 Å². The third kappa shape index (κ3) is 13.0. The van der Waals surface area contributed by atoms with E-state index in [0.29, 0.717) is 86.5 Å². The van der Waals surface area contributed by atoms with Gasteiger partial charge in [-0.1, -0.05) is 96.3 Å². The third-order valence-electron chi connectivity index (χ3n) is 16.4. The van der Waals surface area contributed by atoms with E-state index in [1.165, 1.54) is 5.57 Å². The highest BCUT2D eigenvalue weighted by Gasteiger charge is 2.64. The molecule has 2 aromatic rings. The molecule has 7 rings (SSSR count). The molecule has 2 aromatic carbocycles. The zero-order valence-corrected chi connectivity index (χ0v) is 42.4. The van der Waals surface area contributed by atoms with Gasteiger partial charge in [0.05, 0.1) is 30.5 Å². The minimum atomic E-state index is -1.32. The first-order valence-corrected chi connectivity index (χ1v) is 26.2. The summed E-state index contributed by atoms with van der Waals surface area (Å²) in [6.07, 6.45) is 13.1. The smallest absolute Gasteiger partial charge is 0.243 e. The lowest BCUT2D eigenvalue weighted by atomic mass is 9.52. The molecule has 2 bridgehead atoms. The van der Waals surface area contributed by atoms with Crippen molar-refractivity contribution >= 4 is 11.7 Å². The summed E-state index contributed by atoms with van der Waals surface area (Å²) in [5.74, 6) is 5.14. The van der Waals surface area contributed by atoms with E-state index >= 15 is 0 Å². The van der Waals surface area contributed by atoms with Gasteiger partial charge in [-0.3, -0.25) is 14.9 Å². The number of ether oxygens (including phenoxy) is 1. The summed E-state index contributed by atoms with van der Waals surface area (Å²) in [6.45, 7) is 11.8. The molecular weight excluding hydrogens is 893 g/mol. The first kappa shape index (κ1) is 54.3. The minimum absolute atomic E-state index is 0.00172. The molecule has 5 aliphatic rings. The molecule has 3 heterocycles. The Balaban J connectivity index is 1.25. The average Bonchev–Trinajstić information content (AvgIpc) is 3.68. The number of nitrogens with one attached hydrogen (secondary N) is 3. The molecule has 2 aliphatic carbocycles. The van der Waals surface area contributed by atoms with Crippen LogP contribution in [0, 0.1) is 29.1 Å². The Kier molecular flexibility index (Phi) is 19.1. The number of fused-ring (bicyclic) bond motifs is 4. The number of β-amino-alcohol motifs (C(OH)–C–C–N with tert-alkyl or cyclic N) is 1. The number of hydrogen-bond donors (Lipinski definition) is 9. The SMILES string of the molecule is C=C1C=CC=C(C2CCC3(C4CCC(O)Cc5cccc(c5)CCC(O)CNC5C(=O)NC(N)c6cccc(c65)CC(=O)C(C)=C4CCC3(C)O)C2O)COCC#CCC(C)=CCC1NCCCCCO. The van der Waals surface area contributed by atoms with Crippen LogP contribution in [0.1, 0.15) is 138 Å². The van der Waals surface area contributed by atoms with Crippen LogP contribution in [0.3, 0.4) is 0 Å². The van der Waals surface area contributed by atoms with E-state index < -0.39 is 47.5 Å². The maximum atomic E-state index is 14.9. The number of aryl methyl sites for hydroxylation is 1. The van der Waals surface area contributed by atoms with Crippen molar-refractivity contribution in [2.45, 2.75) is 159 Å². The van der Waals surface area contributed by atoms with E-state index in [4.69, 9.17) is 10.5 Å². The Hall–Kier alpha value is -4.52. The fourth-order valence-corrected chi connectivity index (χ4v) is 12.2. The summed E-state index contributed by atoms with van der Waals surface area (Å²) >= 11 is 0. The molecule has 2 saturated carbocycles. The fourth-order valence-electron chi connectivity index (χ4n) is 12.2. The molecule has 3 aliphatic heterocycles. The lowest BCUT2D eigenvalue weighted by Gasteiger charge is -2.56. The van der Waals surface area contributed by atoms with Crippen molar-refractivity contribution in [2.24, 2.45) is 23.0 Å². The molecule has 12 nitrogen and oxygen atoms in total. The number of unbranched alkanes of at least 4 members (excludes halogenated alkanes) is 2. The summed E-state index contributed by atoms with van der Waals surface area (Å²) in [4.78, 5) is 28.5. The van der Waals surface area contributed by atoms with Gasteiger partial charge in [0.15, 0.2) is 5.78 Å². The summed E-state index contributed by atoms with van der Waals surface area (Å²) in [7, 11) is 0. The summed E-state index contributed by atoms with van der Waals surface area (Å²) in [5, 5.41) is 68.0. The van der Waals surface area contributed by atoms with Crippen LogP contribution >= 0.6 is 0 Å². The zero-order chi connectivity index (χ0) is 50.7. The molecule has 1 spiro atoms. The van der Waals surface area contributed by atoms with Crippen molar-refractivity contribution in [2.75, 3.05) is 32.9 Å². The summed E-state index contributed by atoms with van der Waals surface area (Å²) < 4.78 is 6.23. The number of nitrogens with two attached hydrogens (primary N) is 1. The Morgan fingerprint density at radius 1 is 0.958 bits per heavy atom. The highest BCUT2D eigenvalue weighted by Crippen LogP contribution is 2.63. The maximum Gasteiger partial charge on any atom is 0.243 e. The normalized spacial score (nSPS) is 31.8. The van der Waals surface area contributed by atoms with Crippen LogP contribution in [0.5, 0.6) is 0 Å². The number of aliphatic hydroxyl groups excluding tert-OH is 4. The van der Waals surface area contributed by atoms with Gasteiger partial charge in [-0.25, -0.2) is 0 Å². The molecule has 12 heteroatoms. The van der Waals surface area contributed by atoms with Crippen molar-refractivity contribution in [3.8, 4) is 11.8 Å². The third-order valence-corrected chi connectivity index (χ3v) is 16.4. The first-order valence-electron chi connectivity index (χ1n) is 26.2. The number of allylic oxidation sites excluding steroid dienone is 5. The number of rotatable bonds is 7. The van der Waals surface area contributed by atoms with Crippen LogP contribution < -0.4 is 21.7 Å². The highest BCUT2D eigenvalue weighted by atomic mass is 16.5. The van der Waals surface area contributed by atoms with E-state index in [9.17, 15) is 35.1 Å². The molecule has 384 valence electrons. The second kappa shape index (κ2) is 24.9. The molecule has 10 unspecified atom stereocenters. The number of carbonyl (C=O) groups is 2. The molecular formula is C59H80N4O8. The van der Waals surface area contributed by atoms with Gasteiger partial charge in [0.2, 0.25) is 5.91 Å². The van der Waals surface area contributed by atoms with E-state index in [2.05, 4.69) is 53.4 Å². The van der Waals surface area contributed by atoms with Crippen molar-refractivity contribution in [1.82, 2.24) is 16.0 Å². The minimum Gasteiger partial charge on any atom is -0.396 e. The maximum absolute atomic E-state index is 14.9. The van der Waals surface area contributed by atoms with Gasteiger partial charge in [-0.2, -0.15) is 0 Å². The van der Waals surface area contributed by atoms with Crippen LogP contribution in [0.4, 0.5) is 0 Å². The molecule has 1 amide bonds. The van der Waals surface area contributed by atoms with Crippen LogP contribution in [-0.4, -0.2) is 100 Å². The van der Waals surface area contributed by atoms with Gasteiger partial charge in [-0.05, 0) is 161 Å². The average molecular weight is 973 g/mol. The monoisotopic (exact) mass is 973 g/mol. The number of benzene rings is 2. The number of ketones is 1. The lowest BCUT2D eigenvalue weighted by Crippen LogP contribution is -2.59. The van der Waals surface area contributed by atoms with Crippen LogP contribution in [0.25, 0.3) is 0 Å². The second-order valence-electron chi connectivity index (χ2n) is 21.2. The van der Waals surface area contributed by atoms with Gasteiger partial charge in [0.1, 0.15) is 18.8 Å². The first-order chi connectivity index (χ1) is 34.1. The predicted molar refractivity (Wildman–Crippen MR) is 279 cm³/mol. The quantitative estimate of drug-likeness (QED) is 0.0848. The molecule has 10 atom stereocenters. The Bertz CT molecular complexity index is 2410. The molecule has 2 fully saturated rings. The number of aliphatic hydroxyl groups is 5. The van der Waals surface area contributed by atoms with Gasteiger partial charge in [-0.15, -0.1) is 0 Å². The standard InChI is InChI=1S/C59H80N4O8/c1-38-13-6-9-32-71-37-44(18-10-14-39(2)51(25-20-38)61-30-7-5-8-31-64)48-27-29-59(55(48)68)50-24-23-45(65)34-42-16-11-15-41(33-42)21-22-46(66)36-62-54-53-43(17-12-19-49(53)56(60)63-57(54)69)35-52(67)40(3)47(50)26-28-58(59,4)70/h10-12,14-20,33,45-46,48,50-51,54-56,61-62,64-66,68,70H,2,5,7-8,13,21-32,34-37,60H2,1,3-4H3,(H,63,69). The van der Waals surface area contributed by atoms with Gasteiger partial charge < -0.3 is 46.6 Å².